The van der Waals surface area contributed by atoms with E-state index in [1.54, 1.807) is 24.3 Å². The molecule has 0 N–H and O–H groups in total. The van der Waals surface area contributed by atoms with Crippen LogP contribution in [0, 0.1) is 0 Å². The maximum atomic E-state index is 11.5. The Morgan fingerprint density at radius 3 is 2.53 bits per heavy atom. The summed E-state index contributed by atoms with van der Waals surface area (Å²) in [7, 11) is -3.23. The summed E-state index contributed by atoms with van der Waals surface area (Å²) < 4.78 is 24.5. The molecule has 0 fully saturated rings. The Kier molecular flexibility index (Phi) is 4.63. The average molecular weight is 400 g/mol. The van der Waals surface area contributed by atoms with Gasteiger partial charge in [-0.3, -0.25) is 0 Å². The molecule has 0 saturated carbocycles. The second kappa shape index (κ2) is 5.74. The zero-order valence-corrected chi connectivity index (χ0v) is 14.5. The Balaban J connectivity index is 2.42. The van der Waals surface area contributed by atoms with E-state index in [4.69, 9.17) is 23.2 Å². The Morgan fingerprint density at radius 2 is 2.00 bits per heavy atom. The van der Waals surface area contributed by atoms with Gasteiger partial charge in [0.05, 0.1) is 10.3 Å². The molecule has 102 valence electrons. The quantitative estimate of drug-likeness (QED) is 0.688. The Bertz CT molecular complexity index is 691. The van der Waals surface area contributed by atoms with Crippen molar-refractivity contribution in [2.45, 2.75) is 10.3 Å². The molecule has 0 aliphatic heterocycles. The fourth-order valence-electron chi connectivity index (χ4n) is 1.56. The van der Waals surface area contributed by atoms with Crippen molar-refractivity contribution in [3.05, 3.63) is 49.6 Å². The lowest BCUT2D eigenvalue weighted by Crippen LogP contribution is -1.99. The van der Waals surface area contributed by atoms with Crippen LogP contribution in [-0.4, -0.2) is 14.7 Å². The Labute approximate surface area is 134 Å². The summed E-state index contributed by atoms with van der Waals surface area (Å²) in [5, 5.41) is -0.421. The summed E-state index contributed by atoms with van der Waals surface area (Å²) in [6.07, 6.45) is 1.17. The first-order valence-corrected chi connectivity index (χ1v) is 9.49. The van der Waals surface area contributed by atoms with Crippen molar-refractivity contribution < 1.29 is 8.42 Å². The van der Waals surface area contributed by atoms with E-state index in [0.717, 1.165) is 14.9 Å². The minimum atomic E-state index is -3.23. The highest BCUT2D eigenvalue weighted by molar-refractivity contribution is 9.10. The van der Waals surface area contributed by atoms with Crippen molar-refractivity contribution in [3.8, 4) is 0 Å². The normalized spacial score (nSPS) is 13.5. The van der Waals surface area contributed by atoms with Gasteiger partial charge in [0, 0.05) is 15.6 Å². The Hall–Kier alpha value is -0.0700. The van der Waals surface area contributed by atoms with Gasteiger partial charge in [0.15, 0.2) is 9.84 Å². The number of thiophene rings is 1. The van der Waals surface area contributed by atoms with E-state index >= 15 is 0 Å². The standard InChI is InChI=1S/C12H9BrCl2O2S2/c1-19(16,17)8-4-2-3-7(5-8)11(14)10-6-9(13)12(15)18-10/h2-6,11H,1H3. The maximum Gasteiger partial charge on any atom is 0.175 e. The van der Waals surface area contributed by atoms with Crippen LogP contribution in [0.25, 0.3) is 0 Å². The molecule has 19 heavy (non-hydrogen) atoms. The fourth-order valence-corrected chi connectivity index (χ4v) is 4.31. The van der Waals surface area contributed by atoms with E-state index in [9.17, 15) is 8.42 Å². The fraction of sp³-hybridized carbons (Fsp3) is 0.167. The molecule has 0 aliphatic carbocycles. The molecule has 7 heteroatoms. The number of hydrogen-bond acceptors (Lipinski definition) is 3. The molecule has 1 unspecified atom stereocenters. The first kappa shape index (κ1) is 15.3. The zero-order chi connectivity index (χ0) is 14.2. The number of halogens is 3. The highest BCUT2D eigenvalue weighted by Crippen LogP contribution is 2.40. The van der Waals surface area contributed by atoms with Gasteiger partial charge in [0.25, 0.3) is 0 Å². The summed E-state index contributed by atoms with van der Waals surface area (Å²) in [5.41, 5.74) is 0.731. The van der Waals surface area contributed by atoms with E-state index in [0.29, 0.717) is 4.34 Å². The first-order chi connectivity index (χ1) is 8.79. The molecule has 0 saturated heterocycles. The molecular formula is C12H9BrCl2O2S2. The lowest BCUT2D eigenvalue weighted by molar-refractivity contribution is 0.602. The monoisotopic (exact) mass is 398 g/mol. The smallest absolute Gasteiger partial charge is 0.175 e. The van der Waals surface area contributed by atoms with Gasteiger partial charge in [0.1, 0.15) is 4.34 Å². The zero-order valence-electron chi connectivity index (χ0n) is 9.73. The molecule has 0 radical (unpaired) electrons. The summed E-state index contributed by atoms with van der Waals surface area (Å²) in [6.45, 7) is 0. The van der Waals surface area contributed by atoms with E-state index in [1.165, 1.54) is 17.6 Å². The largest absolute Gasteiger partial charge is 0.224 e. The summed E-state index contributed by atoms with van der Waals surface area (Å²) in [5.74, 6) is 0. The van der Waals surface area contributed by atoms with E-state index in [-0.39, 0.29) is 4.90 Å². The van der Waals surface area contributed by atoms with Crippen LogP contribution >= 0.6 is 50.5 Å². The number of benzene rings is 1. The third kappa shape index (κ3) is 3.52. The van der Waals surface area contributed by atoms with Gasteiger partial charge in [-0.05, 0) is 39.7 Å². The SMILES string of the molecule is CS(=O)(=O)c1cccc(C(Cl)c2cc(Br)c(Cl)s2)c1. The molecule has 0 aliphatic rings. The van der Waals surface area contributed by atoms with Crippen LogP contribution in [0.15, 0.2) is 39.7 Å². The molecule has 2 rings (SSSR count). The van der Waals surface area contributed by atoms with Crippen LogP contribution in [-0.2, 0) is 9.84 Å². The number of alkyl halides is 1. The van der Waals surface area contributed by atoms with Crippen molar-refractivity contribution in [2.75, 3.05) is 6.26 Å². The van der Waals surface area contributed by atoms with Gasteiger partial charge in [-0.25, -0.2) is 8.42 Å². The number of rotatable bonds is 3. The highest BCUT2D eigenvalue weighted by Gasteiger charge is 2.17. The van der Waals surface area contributed by atoms with Crippen LogP contribution in [0.2, 0.25) is 4.34 Å². The van der Waals surface area contributed by atoms with Crippen molar-refractivity contribution in [2.24, 2.45) is 0 Å². The van der Waals surface area contributed by atoms with E-state index < -0.39 is 15.2 Å². The summed E-state index contributed by atoms with van der Waals surface area (Å²) in [6, 6.07) is 8.48. The van der Waals surface area contributed by atoms with E-state index in [1.807, 2.05) is 6.07 Å². The van der Waals surface area contributed by atoms with Crippen LogP contribution in [0.1, 0.15) is 15.8 Å². The lowest BCUT2D eigenvalue weighted by atomic mass is 10.1. The molecule has 0 bridgehead atoms. The van der Waals surface area contributed by atoms with Gasteiger partial charge in [-0.2, -0.15) is 0 Å². The molecule has 0 spiro atoms. The highest BCUT2D eigenvalue weighted by atomic mass is 79.9. The topological polar surface area (TPSA) is 34.1 Å². The van der Waals surface area contributed by atoms with Crippen LogP contribution in [0.4, 0.5) is 0 Å². The van der Waals surface area contributed by atoms with E-state index in [2.05, 4.69) is 15.9 Å². The second-order valence-electron chi connectivity index (χ2n) is 3.98. The maximum absolute atomic E-state index is 11.5. The van der Waals surface area contributed by atoms with Crippen molar-refractivity contribution in [1.29, 1.82) is 0 Å². The molecule has 0 amide bonds. The van der Waals surface area contributed by atoms with Gasteiger partial charge >= 0.3 is 0 Å². The second-order valence-corrected chi connectivity index (χ2v) is 8.97. The number of hydrogen-bond donors (Lipinski definition) is 0. The minimum absolute atomic E-state index is 0.261. The molecule has 2 nitrogen and oxygen atoms in total. The molecule has 1 aromatic heterocycles. The molecular weight excluding hydrogens is 391 g/mol. The van der Waals surface area contributed by atoms with Crippen molar-refractivity contribution in [1.82, 2.24) is 0 Å². The van der Waals surface area contributed by atoms with Crippen molar-refractivity contribution in [3.63, 3.8) is 0 Å². The first-order valence-electron chi connectivity index (χ1n) is 5.18. The summed E-state index contributed by atoms with van der Waals surface area (Å²) in [4.78, 5) is 1.13. The predicted octanol–water partition coefficient (Wildman–Crippen LogP) is 4.90. The molecule has 2 aromatic rings. The Morgan fingerprint density at radius 1 is 1.32 bits per heavy atom. The van der Waals surface area contributed by atoms with Gasteiger partial charge in [0.2, 0.25) is 0 Å². The van der Waals surface area contributed by atoms with Crippen LogP contribution in [0.3, 0.4) is 0 Å². The third-order valence-corrected chi connectivity index (χ3v) is 6.76. The molecule has 1 aromatic carbocycles. The van der Waals surface area contributed by atoms with Crippen LogP contribution < -0.4 is 0 Å². The van der Waals surface area contributed by atoms with Gasteiger partial charge in [-0.1, -0.05) is 23.7 Å². The van der Waals surface area contributed by atoms with Crippen LogP contribution in [0.5, 0.6) is 0 Å². The predicted molar refractivity (Wildman–Crippen MR) is 84.3 cm³/mol. The minimum Gasteiger partial charge on any atom is -0.224 e. The van der Waals surface area contributed by atoms with Gasteiger partial charge in [-0.15, -0.1) is 22.9 Å². The molecule has 1 heterocycles. The lowest BCUT2D eigenvalue weighted by Gasteiger charge is -2.09. The van der Waals surface area contributed by atoms with Gasteiger partial charge < -0.3 is 0 Å². The molecule has 1 atom stereocenters. The number of sulfone groups is 1. The third-order valence-electron chi connectivity index (χ3n) is 2.49. The summed E-state index contributed by atoms with van der Waals surface area (Å²) >= 11 is 17.1. The van der Waals surface area contributed by atoms with Crippen molar-refractivity contribution >= 4 is 60.3 Å². The average Bonchev–Trinajstić information content (AvgIpc) is 2.68.